The topological polar surface area (TPSA) is 86.8 Å². The first kappa shape index (κ1) is 31.2. The molecule has 2 amide bonds. The maximum absolute atomic E-state index is 14.1. The van der Waals surface area contributed by atoms with Gasteiger partial charge in [-0.1, -0.05) is 78.7 Å². The van der Waals surface area contributed by atoms with Crippen LogP contribution in [0.15, 0.2) is 72.8 Å². The van der Waals surface area contributed by atoms with Gasteiger partial charge in [-0.3, -0.25) is 13.9 Å². The third kappa shape index (κ3) is 8.57. The zero-order valence-electron chi connectivity index (χ0n) is 23.7. The molecular formula is C31H38ClN3O4S. The third-order valence-electron chi connectivity index (χ3n) is 6.85. The second-order valence-electron chi connectivity index (χ2n) is 10.2. The average Bonchev–Trinajstić information content (AvgIpc) is 2.90. The number of aryl methyl sites for hydroxylation is 2. The number of nitrogens with one attached hydrogen (secondary N) is 1. The summed E-state index contributed by atoms with van der Waals surface area (Å²) in [6.07, 6.45) is 2.07. The summed E-state index contributed by atoms with van der Waals surface area (Å²) in [5, 5.41) is 3.50. The van der Waals surface area contributed by atoms with Gasteiger partial charge in [-0.2, -0.15) is 0 Å². The second kappa shape index (κ2) is 13.8. The Balaban J connectivity index is 2.07. The number of rotatable bonds is 12. The number of benzene rings is 3. The van der Waals surface area contributed by atoms with Crippen LogP contribution in [0.25, 0.3) is 0 Å². The molecule has 0 aliphatic rings. The van der Waals surface area contributed by atoms with E-state index in [1.807, 2.05) is 75.4 Å². The minimum atomic E-state index is -3.85. The number of amides is 2. The molecule has 40 heavy (non-hydrogen) atoms. The molecule has 0 unspecified atom stereocenters. The van der Waals surface area contributed by atoms with Crippen molar-refractivity contribution in [2.75, 3.05) is 17.1 Å². The Bertz CT molecular complexity index is 1410. The highest BCUT2D eigenvalue weighted by atomic mass is 35.5. The lowest BCUT2D eigenvalue weighted by Gasteiger charge is -2.34. The maximum Gasteiger partial charge on any atom is 0.244 e. The number of carbonyl (C=O) groups is 2. The fourth-order valence-electron chi connectivity index (χ4n) is 4.38. The van der Waals surface area contributed by atoms with Crippen LogP contribution in [-0.2, 0) is 32.6 Å². The zero-order valence-corrected chi connectivity index (χ0v) is 25.3. The van der Waals surface area contributed by atoms with Crippen LogP contribution in [0.5, 0.6) is 0 Å². The molecule has 0 saturated heterocycles. The van der Waals surface area contributed by atoms with E-state index in [1.54, 1.807) is 25.1 Å². The van der Waals surface area contributed by atoms with Gasteiger partial charge in [0.05, 0.1) is 11.9 Å². The highest BCUT2D eigenvalue weighted by molar-refractivity contribution is 7.92. The summed E-state index contributed by atoms with van der Waals surface area (Å²) in [6.45, 7) is 7.29. The molecule has 0 spiro atoms. The molecule has 214 valence electrons. The van der Waals surface area contributed by atoms with Gasteiger partial charge in [0.25, 0.3) is 0 Å². The van der Waals surface area contributed by atoms with Gasteiger partial charge in [0.2, 0.25) is 21.8 Å². The molecular weight excluding hydrogens is 546 g/mol. The Hall–Kier alpha value is -3.36. The molecule has 0 aliphatic heterocycles. The first-order valence-electron chi connectivity index (χ1n) is 13.3. The van der Waals surface area contributed by atoms with Crippen molar-refractivity contribution in [1.29, 1.82) is 0 Å². The smallest absolute Gasteiger partial charge is 0.244 e. The molecule has 0 fully saturated rings. The number of sulfonamides is 1. The number of hydrogen-bond acceptors (Lipinski definition) is 4. The lowest BCUT2D eigenvalue weighted by molar-refractivity contribution is -0.140. The highest BCUT2D eigenvalue weighted by Gasteiger charge is 2.33. The molecule has 3 aromatic rings. The van der Waals surface area contributed by atoms with Gasteiger partial charge in [0.15, 0.2) is 0 Å². The van der Waals surface area contributed by atoms with Crippen LogP contribution < -0.4 is 9.62 Å². The molecule has 0 saturated carbocycles. The summed E-state index contributed by atoms with van der Waals surface area (Å²) >= 11 is 6.11. The monoisotopic (exact) mass is 583 g/mol. The molecule has 1 N–H and O–H groups in total. The second-order valence-corrected chi connectivity index (χ2v) is 12.6. The van der Waals surface area contributed by atoms with Crippen LogP contribution in [0.2, 0.25) is 5.02 Å². The first-order chi connectivity index (χ1) is 18.9. The fraction of sp³-hybridized carbons (Fsp3) is 0.355. The van der Waals surface area contributed by atoms with E-state index in [1.165, 1.54) is 4.90 Å². The van der Waals surface area contributed by atoms with E-state index >= 15 is 0 Å². The van der Waals surface area contributed by atoms with Gasteiger partial charge in [0.1, 0.15) is 12.6 Å². The highest BCUT2D eigenvalue weighted by Crippen LogP contribution is 2.26. The predicted octanol–water partition coefficient (Wildman–Crippen LogP) is 5.28. The number of halogens is 1. The van der Waals surface area contributed by atoms with Crippen molar-refractivity contribution < 1.29 is 18.0 Å². The van der Waals surface area contributed by atoms with Gasteiger partial charge >= 0.3 is 0 Å². The van der Waals surface area contributed by atoms with E-state index in [0.717, 1.165) is 33.7 Å². The summed E-state index contributed by atoms with van der Waals surface area (Å²) < 4.78 is 27.0. The van der Waals surface area contributed by atoms with Gasteiger partial charge in [-0.05, 0) is 62.1 Å². The molecule has 3 aromatic carbocycles. The zero-order chi connectivity index (χ0) is 29.4. The first-order valence-corrected chi connectivity index (χ1v) is 15.5. The fourth-order valence-corrected chi connectivity index (χ4v) is 5.51. The molecule has 0 heterocycles. The lowest BCUT2D eigenvalue weighted by Crippen LogP contribution is -2.54. The van der Waals surface area contributed by atoms with Gasteiger partial charge in [0, 0.05) is 24.0 Å². The number of carbonyl (C=O) groups excluding carboxylic acids is 2. The van der Waals surface area contributed by atoms with Crippen LogP contribution in [0.3, 0.4) is 0 Å². The van der Waals surface area contributed by atoms with Crippen molar-refractivity contribution in [3.05, 3.63) is 100 Å². The van der Waals surface area contributed by atoms with Crippen molar-refractivity contribution in [1.82, 2.24) is 10.2 Å². The molecule has 0 aromatic heterocycles. The Labute approximate surface area is 243 Å². The summed E-state index contributed by atoms with van der Waals surface area (Å²) in [5.74, 6) is -0.771. The van der Waals surface area contributed by atoms with Crippen LogP contribution in [0.1, 0.15) is 42.5 Å². The Morgan fingerprint density at radius 1 is 0.950 bits per heavy atom. The molecule has 9 heteroatoms. The number of hydrogen-bond donors (Lipinski definition) is 1. The maximum atomic E-state index is 14.1. The summed E-state index contributed by atoms with van der Waals surface area (Å²) in [6, 6.07) is 21.1. The van der Waals surface area contributed by atoms with Crippen LogP contribution in [-0.4, -0.2) is 50.0 Å². The molecule has 0 bridgehead atoms. The quantitative estimate of drug-likeness (QED) is 0.314. The summed E-state index contributed by atoms with van der Waals surface area (Å²) in [4.78, 5) is 29.3. The Morgan fingerprint density at radius 2 is 1.60 bits per heavy atom. The number of anilines is 1. The third-order valence-corrected chi connectivity index (χ3v) is 8.21. The molecule has 0 aliphatic carbocycles. The van der Waals surface area contributed by atoms with Crippen molar-refractivity contribution in [3.8, 4) is 0 Å². The van der Waals surface area contributed by atoms with E-state index in [0.29, 0.717) is 16.3 Å². The molecule has 7 nitrogen and oxygen atoms in total. The van der Waals surface area contributed by atoms with Crippen molar-refractivity contribution in [2.24, 2.45) is 0 Å². The van der Waals surface area contributed by atoms with Crippen LogP contribution in [0.4, 0.5) is 5.69 Å². The molecule has 3 rings (SSSR count). The van der Waals surface area contributed by atoms with E-state index in [9.17, 15) is 18.0 Å². The van der Waals surface area contributed by atoms with Gasteiger partial charge in [-0.25, -0.2) is 8.42 Å². The standard InChI is InChI=1S/C31H38ClN3O4S/c1-6-24(4)33-31(37)29(19-25-10-8-7-9-11-25)34(20-26-14-12-22(2)13-15-26)30(36)21-35(40(5,38)39)28-17-16-27(32)18-23(28)3/h7-18,24,29H,6,19-21H2,1-5H3,(H,33,37)/t24-,29-/m1/s1. The Morgan fingerprint density at radius 3 is 2.17 bits per heavy atom. The van der Waals surface area contributed by atoms with E-state index in [4.69, 9.17) is 11.6 Å². The number of nitrogens with zero attached hydrogens (tertiary/aromatic N) is 2. The van der Waals surface area contributed by atoms with E-state index < -0.39 is 28.5 Å². The van der Waals surface area contributed by atoms with Crippen LogP contribution in [0, 0.1) is 13.8 Å². The van der Waals surface area contributed by atoms with Crippen molar-refractivity contribution in [3.63, 3.8) is 0 Å². The SMILES string of the molecule is CC[C@@H](C)NC(=O)[C@@H](Cc1ccccc1)N(Cc1ccc(C)cc1)C(=O)CN(c1ccc(Cl)cc1C)S(C)(=O)=O. The Kier molecular flexibility index (Phi) is 10.8. The summed E-state index contributed by atoms with van der Waals surface area (Å²) in [7, 11) is -3.85. The largest absolute Gasteiger partial charge is 0.352 e. The lowest BCUT2D eigenvalue weighted by atomic mass is 10.0. The van der Waals surface area contributed by atoms with Crippen molar-refractivity contribution >= 4 is 39.1 Å². The normalized spacial score (nSPS) is 12.8. The van der Waals surface area contributed by atoms with Gasteiger partial charge < -0.3 is 10.2 Å². The average molecular weight is 584 g/mol. The minimum absolute atomic E-state index is 0.0914. The van der Waals surface area contributed by atoms with Crippen LogP contribution >= 0.6 is 11.6 Å². The molecule has 0 radical (unpaired) electrons. The molecule has 2 atom stereocenters. The minimum Gasteiger partial charge on any atom is -0.352 e. The summed E-state index contributed by atoms with van der Waals surface area (Å²) in [5.41, 5.74) is 3.77. The van der Waals surface area contributed by atoms with Crippen molar-refractivity contribution in [2.45, 2.75) is 59.2 Å². The van der Waals surface area contributed by atoms with E-state index in [2.05, 4.69) is 5.32 Å². The predicted molar refractivity (Wildman–Crippen MR) is 162 cm³/mol. The van der Waals surface area contributed by atoms with E-state index in [-0.39, 0.29) is 24.9 Å². The van der Waals surface area contributed by atoms with Gasteiger partial charge in [-0.15, -0.1) is 0 Å².